The van der Waals surface area contributed by atoms with Gasteiger partial charge in [0.25, 0.3) is 5.95 Å². The molecule has 35 heavy (non-hydrogen) atoms. The van der Waals surface area contributed by atoms with Gasteiger partial charge in [-0.3, -0.25) is 4.90 Å². The minimum atomic E-state index is -4.72. The van der Waals surface area contributed by atoms with E-state index in [4.69, 9.17) is 17.3 Å². The van der Waals surface area contributed by atoms with Crippen LogP contribution in [0.5, 0.6) is 5.75 Å². The molecule has 8 nitrogen and oxygen atoms in total. The number of nitrogens with one attached hydrogen (secondary N) is 2. The minimum absolute atomic E-state index is 0.118. The summed E-state index contributed by atoms with van der Waals surface area (Å²) in [7, 11) is 0. The van der Waals surface area contributed by atoms with E-state index in [0.29, 0.717) is 28.5 Å². The van der Waals surface area contributed by atoms with E-state index < -0.39 is 17.8 Å². The van der Waals surface area contributed by atoms with Crippen LogP contribution in [0.1, 0.15) is 24.1 Å². The number of aromatic hydroxyl groups is 1. The van der Waals surface area contributed by atoms with Crippen LogP contribution in [0.25, 0.3) is 0 Å². The van der Waals surface area contributed by atoms with E-state index in [2.05, 4.69) is 30.5 Å². The van der Waals surface area contributed by atoms with Gasteiger partial charge in [-0.15, -0.1) is 0 Å². The molecule has 1 saturated heterocycles. The van der Waals surface area contributed by atoms with Gasteiger partial charge in [-0.2, -0.15) is 23.1 Å². The Labute approximate surface area is 204 Å². The van der Waals surface area contributed by atoms with Crippen LogP contribution >= 0.6 is 11.6 Å². The van der Waals surface area contributed by atoms with E-state index in [1.807, 2.05) is 0 Å². The number of alkyl halides is 3. The molecule has 1 aliphatic heterocycles. The van der Waals surface area contributed by atoms with Gasteiger partial charge >= 0.3 is 6.18 Å². The number of phenols is 1. The lowest BCUT2D eigenvalue weighted by atomic mass is 10.1. The molecule has 1 aromatic heterocycles. The molecule has 2 heterocycles. The summed E-state index contributed by atoms with van der Waals surface area (Å²) in [5, 5.41) is 16.3. The van der Waals surface area contributed by atoms with Crippen molar-refractivity contribution in [2.45, 2.75) is 25.6 Å². The molecule has 0 spiro atoms. The largest absolute Gasteiger partial charge is 0.508 e. The predicted octanol–water partition coefficient (Wildman–Crippen LogP) is 5.25. The van der Waals surface area contributed by atoms with E-state index in [-0.39, 0.29) is 17.5 Å². The molecule has 3 aromatic rings. The van der Waals surface area contributed by atoms with E-state index in [0.717, 1.165) is 32.0 Å². The molecule has 2 aromatic carbocycles. The Bertz CT molecular complexity index is 1210. The maximum atomic E-state index is 13.5. The molecule has 0 atom stereocenters. The number of hydrogen-bond donors (Lipinski definition) is 4. The number of rotatable bonds is 6. The molecule has 0 aliphatic carbocycles. The first-order valence-corrected chi connectivity index (χ1v) is 11.2. The summed E-state index contributed by atoms with van der Waals surface area (Å²) in [5.74, 6) is -0.678. The van der Waals surface area contributed by atoms with Gasteiger partial charge in [0.1, 0.15) is 11.6 Å². The first-order valence-electron chi connectivity index (χ1n) is 10.8. The summed E-state index contributed by atoms with van der Waals surface area (Å²) in [6, 6.07) is 12.0. The predicted molar refractivity (Wildman–Crippen MR) is 129 cm³/mol. The Morgan fingerprint density at radius 2 is 1.74 bits per heavy atom. The van der Waals surface area contributed by atoms with Crippen molar-refractivity contribution < 1.29 is 18.3 Å². The third-order valence-corrected chi connectivity index (χ3v) is 5.54. The second-order valence-corrected chi connectivity index (χ2v) is 8.45. The maximum absolute atomic E-state index is 13.5. The molecule has 4 rings (SSSR count). The number of nitrogens with zero attached hydrogens (tertiary/aromatic N) is 4. The highest BCUT2D eigenvalue weighted by Gasteiger charge is 2.34. The molecular formula is C23H23ClF3N7O. The van der Waals surface area contributed by atoms with Crippen LogP contribution in [-0.4, -0.2) is 39.0 Å². The molecule has 0 unspecified atom stereocenters. The minimum Gasteiger partial charge on any atom is -0.508 e. The van der Waals surface area contributed by atoms with Gasteiger partial charge in [0.2, 0.25) is 5.96 Å². The average Bonchev–Trinajstić information content (AvgIpc) is 3.30. The summed E-state index contributed by atoms with van der Waals surface area (Å²) in [6.07, 6.45) is -2.53. The molecule has 0 radical (unpaired) electrons. The fraction of sp³-hybridized carbons (Fsp3) is 0.261. The quantitative estimate of drug-likeness (QED) is 0.205. The third-order valence-electron chi connectivity index (χ3n) is 5.29. The fourth-order valence-corrected chi connectivity index (χ4v) is 3.76. The number of phenolic OH excluding ortho intramolecular Hbond substituents is 1. The fourth-order valence-electron chi connectivity index (χ4n) is 3.63. The normalized spacial score (nSPS) is 14.8. The third kappa shape index (κ3) is 6.74. The number of halogens is 4. The molecule has 1 fully saturated rings. The van der Waals surface area contributed by atoms with Crippen molar-refractivity contribution in [2.75, 3.05) is 23.7 Å². The Morgan fingerprint density at radius 1 is 1.06 bits per heavy atom. The number of nitrogens with two attached hydrogens (primary N) is 1. The summed E-state index contributed by atoms with van der Waals surface area (Å²) in [5.41, 5.74) is 6.33. The Hall–Kier alpha value is -3.57. The van der Waals surface area contributed by atoms with Crippen molar-refractivity contribution in [3.8, 4) is 5.75 Å². The molecule has 0 amide bonds. The molecule has 0 saturated carbocycles. The van der Waals surface area contributed by atoms with Crippen molar-refractivity contribution in [1.29, 1.82) is 0 Å². The Kier molecular flexibility index (Phi) is 7.27. The summed E-state index contributed by atoms with van der Waals surface area (Å²) < 4.78 is 40.5. The smallest absolute Gasteiger partial charge is 0.433 e. The molecule has 12 heteroatoms. The molecule has 0 bridgehead atoms. The number of aromatic nitrogens is 2. The number of hydrogen-bond acceptors (Lipinski definition) is 6. The monoisotopic (exact) mass is 505 g/mol. The Balaban J connectivity index is 1.59. The molecule has 5 N–H and O–H groups in total. The van der Waals surface area contributed by atoms with Gasteiger partial charge in [0, 0.05) is 34.6 Å². The zero-order valence-corrected chi connectivity index (χ0v) is 19.2. The SMILES string of the molecule is N/C(=N\c1nc(Nc2ccc(O)c(CN3CCCC3)c2)cc(C(F)(F)F)n1)Nc1ccc(Cl)cc1. The number of likely N-dealkylation sites (tertiary alicyclic amines) is 1. The first-order chi connectivity index (χ1) is 16.7. The van der Waals surface area contributed by atoms with Crippen LogP contribution in [-0.2, 0) is 12.7 Å². The lowest BCUT2D eigenvalue weighted by molar-refractivity contribution is -0.141. The zero-order valence-electron chi connectivity index (χ0n) is 18.5. The van der Waals surface area contributed by atoms with Crippen molar-refractivity contribution in [3.63, 3.8) is 0 Å². The van der Waals surface area contributed by atoms with Crippen LogP contribution in [0, 0.1) is 0 Å². The van der Waals surface area contributed by atoms with Gasteiger partial charge in [0.15, 0.2) is 5.69 Å². The maximum Gasteiger partial charge on any atom is 0.433 e. The summed E-state index contributed by atoms with van der Waals surface area (Å²) in [6.45, 7) is 2.41. The van der Waals surface area contributed by atoms with Crippen molar-refractivity contribution in [1.82, 2.24) is 14.9 Å². The summed E-state index contributed by atoms with van der Waals surface area (Å²) >= 11 is 5.84. The highest BCUT2D eigenvalue weighted by Crippen LogP contribution is 2.32. The van der Waals surface area contributed by atoms with Crippen molar-refractivity contribution in [2.24, 2.45) is 10.7 Å². The van der Waals surface area contributed by atoms with Gasteiger partial charge in [-0.05, 0) is 68.4 Å². The lowest BCUT2D eigenvalue weighted by Crippen LogP contribution is -2.22. The molecule has 1 aliphatic rings. The zero-order chi connectivity index (χ0) is 25.0. The van der Waals surface area contributed by atoms with Gasteiger partial charge < -0.3 is 21.5 Å². The first kappa shape index (κ1) is 24.6. The van der Waals surface area contributed by atoms with Crippen molar-refractivity contribution in [3.05, 3.63) is 64.8 Å². The lowest BCUT2D eigenvalue weighted by Gasteiger charge is -2.17. The van der Waals surface area contributed by atoms with Crippen LogP contribution in [0.4, 0.5) is 36.3 Å². The van der Waals surface area contributed by atoms with Gasteiger partial charge in [-0.25, -0.2) is 4.98 Å². The van der Waals surface area contributed by atoms with E-state index in [1.165, 1.54) is 6.07 Å². The van der Waals surface area contributed by atoms with Gasteiger partial charge in [0.05, 0.1) is 0 Å². The second kappa shape index (κ2) is 10.4. The van der Waals surface area contributed by atoms with Crippen LogP contribution in [0.2, 0.25) is 5.02 Å². The number of aliphatic imine (C=N–C) groups is 1. The topological polar surface area (TPSA) is 112 Å². The highest BCUT2D eigenvalue weighted by atomic mass is 35.5. The van der Waals surface area contributed by atoms with Crippen LogP contribution in [0.15, 0.2) is 53.5 Å². The summed E-state index contributed by atoms with van der Waals surface area (Å²) in [4.78, 5) is 13.7. The van der Waals surface area contributed by atoms with E-state index in [9.17, 15) is 18.3 Å². The Morgan fingerprint density at radius 3 is 2.43 bits per heavy atom. The number of benzene rings is 2. The molecule has 184 valence electrons. The van der Waals surface area contributed by atoms with E-state index >= 15 is 0 Å². The second-order valence-electron chi connectivity index (χ2n) is 8.02. The number of guanidine groups is 1. The standard InChI is InChI=1S/C23H23ClF3N7O/c24-15-3-5-16(6-4-15)30-21(28)33-22-31-19(23(25,26)27)12-20(32-22)29-17-7-8-18(35)14(11-17)13-34-9-1-2-10-34/h3-8,11-12,35H,1-2,9-10,13H2,(H4,28,29,30,31,32,33). The molecular weight excluding hydrogens is 483 g/mol. The van der Waals surface area contributed by atoms with Crippen molar-refractivity contribution >= 4 is 40.7 Å². The average molecular weight is 506 g/mol. The van der Waals surface area contributed by atoms with E-state index in [1.54, 1.807) is 36.4 Å². The highest BCUT2D eigenvalue weighted by molar-refractivity contribution is 6.30. The van der Waals surface area contributed by atoms with Crippen LogP contribution < -0.4 is 16.4 Å². The van der Waals surface area contributed by atoms with Crippen LogP contribution in [0.3, 0.4) is 0 Å². The van der Waals surface area contributed by atoms with Gasteiger partial charge in [-0.1, -0.05) is 11.6 Å². The number of anilines is 3.